The van der Waals surface area contributed by atoms with Crippen molar-refractivity contribution in [2.75, 3.05) is 0 Å². The van der Waals surface area contributed by atoms with Crippen molar-refractivity contribution in [1.29, 1.82) is 5.26 Å². The van der Waals surface area contributed by atoms with Crippen LogP contribution in [0.1, 0.15) is 16.7 Å². The second-order valence-corrected chi connectivity index (χ2v) is 5.49. The summed E-state index contributed by atoms with van der Waals surface area (Å²) in [5.41, 5.74) is 7.56. The fourth-order valence-corrected chi connectivity index (χ4v) is 2.41. The smallest absolute Gasteiger partial charge is 0.259 e. The molecular formula is C17H12Cl2N2O. The number of benzene rings is 2. The van der Waals surface area contributed by atoms with Crippen LogP contribution in [0.4, 0.5) is 0 Å². The van der Waals surface area contributed by atoms with Gasteiger partial charge in [-0.05, 0) is 47.4 Å². The Labute approximate surface area is 138 Å². The molecule has 0 aliphatic rings. The van der Waals surface area contributed by atoms with Gasteiger partial charge in [0.05, 0.1) is 0 Å². The molecule has 110 valence electrons. The van der Waals surface area contributed by atoms with E-state index < -0.39 is 5.91 Å². The number of carbonyl (C=O) groups excluding carboxylic acids is 1. The monoisotopic (exact) mass is 330 g/mol. The number of halogens is 2. The van der Waals surface area contributed by atoms with Crippen molar-refractivity contribution in [3.05, 3.63) is 74.8 Å². The molecule has 0 heterocycles. The summed E-state index contributed by atoms with van der Waals surface area (Å²) < 4.78 is 0. The Morgan fingerprint density at radius 1 is 1.18 bits per heavy atom. The lowest BCUT2D eigenvalue weighted by Gasteiger charge is -2.09. The third-order valence-electron chi connectivity index (χ3n) is 3.13. The SMILES string of the molecule is N#C/C(=C\c1cc(Cl)ccc1Cc1ccccc1Cl)C(N)=O. The minimum atomic E-state index is -0.772. The lowest BCUT2D eigenvalue weighted by Crippen LogP contribution is -2.12. The molecular weight excluding hydrogens is 319 g/mol. The minimum Gasteiger partial charge on any atom is -0.365 e. The zero-order chi connectivity index (χ0) is 16.1. The molecule has 5 heteroatoms. The number of primary amides is 1. The predicted molar refractivity (Wildman–Crippen MR) is 88.5 cm³/mol. The molecule has 0 fully saturated rings. The van der Waals surface area contributed by atoms with Gasteiger partial charge in [0.2, 0.25) is 0 Å². The first-order valence-electron chi connectivity index (χ1n) is 6.44. The highest BCUT2D eigenvalue weighted by Crippen LogP contribution is 2.24. The molecule has 0 bridgehead atoms. The topological polar surface area (TPSA) is 66.9 Å². The lowest BCUT2D eigenvalue weighted by molar-refractivity contribution is -0.114. The van der Waals surface area contributed by atoms with E-state index in [1.165, 1.54) is 6.08 Å². The minimum absolute atomic E-state index is 0.123. The molecule has 2 aromatic carbocycles. The van der Waals surface area contributed by atoms with Gasteiger partial charge in [-0.1, -0.05) is 47.5 Å². The van der Waals surface area contributed by atoms with Gasteiger partial charge < -0.3 is 5.73 Å². The zero-order valence-electron chi connectivity index (χ0n) is 11.5. The summed E-state index contributed by atoms with van der Waals surface area (Å²) >= 11 is 12.2. The number of amides is 1. The molecule has 2 rings (SSSR count). The first-order valence-corrected chi connectivity index (χ1v) is 7.20. The number of hydrogen-bond acceptors (Lipinski definition) is 2. The molecule has 0 aromatic heterocycles. The van der Waals surface area contributed by atoms with Gasteiger partial charge in [-0.2, -0.15) is 5.26 Å². The largest absolute Gasteiger partial charge is 0.365 e. The van der Waals surface area contributed by atoms with Gasteiger partial charge in [-0.15, -0.1) is 0 Å². The van der Waals surface area contributed by atoms with Crippen LogP contribution in [0, 0.1) is 11.3 Å². The summed E-state index contributed by atoms with van der Waals surface area (Å²) in [6, 6.07) is 14.6. The molecule has 0 atom stereocenters. The molecule has 0 spiro atoms. The molecule has 22 heavy (non-hydrogen) atoms. The van der Waals surface area contributed by atoms with E-state index >= 15 is 0 Å². The Kier molecular flexibility index (Phi) is 5.21. The van der Waals surface area contributed by atoms with Crippen LogP contribution >= 0.6 is 23.2 Å². The molecule has 0 radical (unpaired) electrons. The summed E-state index contributed by atoms with van der Waals surface area (Å²) in [6.07, 6.45) is 2.00. The summed E-state index contributed by atoms with van der Waals surface area (Å²) in [7, 11) is 0. The molecule has 0 unspecified atom stereocenters. The molecule has 2 aromatic rings. The van der Waals surface area contributed by atoms with Gasteiger partial charge in [0.15, 0.2) is 0 Å². The van der Waals surface area contributed by atoms with Crippen LogP contribution in [0.25, 0.3) is 6.08 Å². The third-order valence-corrected chi connectivity index (χ3v) is 3.74. The van der Waals surface area contributed by atoms with Crippen molar-refractivity contribution in [2.45, 2.75) is 6.42 Å². The summed E-state index contributed by atoms with van der Waals surface area (Å²) in [4.78, 5) is 11.2. The maximum Gasteiger partial charge on any atom is 0.259 e. The van der Waals surface area contributed by atoms with Crippen molar-refractivity contribution in [1.82, 2.24) is 0 Å². The zero-order valence-corrected chi connectivity index (χ0v) is 13.0. The van der Waals surface area contributed by atoms with Crippen LogP contribution in [0.2, 0.25) is 10.0 Å². The first-order chi connectivity index (χ1) is 10.5. The quantitative estimate of drug-likeness (QED) is 0.680. The average Bonchev–Trinajstić information content (AvgIpc) is 2.49. The normalized spacial score (nSPS) is 11.0. The Hall–Kier alpha value is -2.28. The van der Waals surface area contributed by atoms with Crippen molar-refractivity contribution < 1.29 is 4.79 Å². The Bertz CT molecular complexity index is 791. The lowest BCUT2D eigenvalue weighted by atomic mass is 9.98. The Morgan fingerprint density at radius 2 is 1.91 bits per heavy atom. The maximum absolute atomic E-state index is 11.2. The van der Waals surface area contributed by atoms with Crippen LogP contribution in [-0.2, 0) is 11.2 Å². The van der Waals surface area contributed by atoms with E-state index in [0.717, 1.165) is 11.1 Å². The van der Waals surface area contributed by atoms with Gasteiger partial charge in [0.1, 0.15) is 11.6 Å². The maximum atomic E-state index is 11.2. The highest BCUT2D eigenvalue weighted by molar-refractivity contribution is 6.31. The third kappa shape index (κ3) is 3.88. The summed E-state index contributed by atoms with van der Waals surface area (Å²) in [5.74, 6) is -0.772. The molecule has 0 saturated carbocycles. The van der Waals surface area contributed by atoms with Crippen molar-refractivity contribution in [2.24, 2.45) is 5.73 Å². The van der Waals surface area contributed by atoms with Gasteiger partial charge in [-0.3, -0.25) is 4.79 Å². The fraction of sp³-hybridized carbons (Fsp3) is 0.0588. The number of hydrogen-bond donors (Lipinski definition) is 1. The molecule has 3 nitrogen and oxygen atoms in total. The van der Waals surface area contributed by atoms with E-state index in [2.05, 4.69) is 0 Å². The first kappa shape index (κ1) is 16.1. The second-order valence-electron chi connectivity index (χ2n) is 4.65. The van der Waals surface area contributed by atoms with Gasteiger partial charge in [0, 0.05) is 10.0 Å². The van der Waals surface area contributed by atoms with Crippen molar-refractivity contribution in [3.8, 4) is 6.07 Å². The Morgan fingerprint density at radius 3 is 2.55 bits per heavy atom. The molecule has 0 aliphatic carbocycles. The summed E-state index contributed by atoms with van der Waals surface area (Å²) in [5, 5.41) is 10.1. The predicted octanol–water partition coefficient (Wildman–Crippen LogP) is 3.98. The van der Waals surface area contributed by atoms with Gasteiger partial charge in [-0.25, -0.2) is 0 Å². The van der Waals surface area contributed by atoms with Crippen LogP contribution in [-0.4, -0.2) is 5.91 Å². The number of nitrogens with two attached hydrogens (primary N) is 1. The van der Waals surface area contributed by atoms with Gasteiger partial charge in [0.25, 0.3) is 5.91 Å². The van der Waals surface area contributed by atoms with Gasteiger partial charge >= 0.3 is 0 Å². The number of rotatable bonds is 4. The molecule has 0 saturated heterocycles. The second kappa shape index (κ2) is 7.13. The fourth-order valence-electron chi connectivity index (χ4n) is 2.02. The number of nitriles is 1. The van der Waals surface area contributed by atoms with Crippen LogP contribution in [0.3, 0.4) is 0 Å². The van der Waals surface area contributed by atoms with E-state index in [1.54, 1.807) is 18.2 Å². The van der Waals surface area contributed by atoms with Crippen molar-refractivity contribution >= 4 is 35.2 Å². The molecule has 1 amide bonds. The van der Waals surface area contributed by atoms with E-state index in [4.69, 9.17) is 34.2 Å². The van der Waals surface area contributed by atoms with Crippen molar-refractivity contribution in [3.63, 3.8) is 0 Å². The number of nitrogens with zero attached hydrogens (tertiary/aromatic N) is 1. The highest BCUT2D eigenvalue weighted by Gasteiger charge is 2.09. The highest BCUT2D eigenvalue weighted by atomic mass is 35.5. The van der Waals surface area contributed by atoms with Crippen LogP contribution < -0.4 is 5.73 Å². The Balaban J connectivity index is 2.47. The standard InChI is InChI=1S/C17H12Cl2N2O/c18-15-6-5-11(7-12-3-1-2-4-16(12)19)13(9-15)8-14(10-20)17(21)22/h1-6,8-9H,7H2,(H2,21,22)/b14-8+. The van der Waals surface area contributed by atoms with E-state index in [1.807, 2.05) is 30.3 Å². The number of carbonyl (C=O) groups is 1. The molecule has 0 aliphatic heterocycles. The average molecular weight is 331 g/mol. The summed E-state index contributed by atoms with van der Waals surface area (Å²) in [6.45, 7) is 0. The van der Waals surface area contributed by atoms with Crippen LogP contribution in [0.15, 0.2) is 48.0 Å². The van der Waals surface area contributed by atoms with E-state index in [0.29, 0.717) is 22.0 Å². The van der Waals surface area contributed by atoms with E-state index in [-0.39, 0.29) is 5.57 Å². The van der Waals surface area contributed by atoms with Crippen LogP contribution in [0.5, 0.6) is 0 Å². The molecule has 2 N–H and O–H groups in total. The van der Waals surface area contributed by atoms with E-state index in [9.17, 15) is 4.79 Å².